The lowest BCUT2D eigenvalue weighted by atomic mass is 10.2. The van der Waals surface area contributed by atoms with Crippen LogP contribution in [0, 0.1) is 0 Å². The lowest BCUT2D eigenvalue weighted by Gasteiger charge is -2.10. The Hall–Kier alpha value is -2.69. The molecule has 8 nitrogen and oxygen atoms in total. The first-order valence-corrected chi connectivity index (χ1v) is 9.98. The molecule has 1 fully saturated rings. The minimum atomic E-state index is -3.12. The van der Waals surface area contributed by atoms with Crippen LogP contribution in [0.5, 0.6) is 11.5 Å². The number of carbonyl (C=O) groups excluding carboxylic acids is 2. The highest BCUT2D eigenvalue weighted by Gasteiger charge is 2.28. The molecule has 1 aliphatic rings. The van der Waals surface area contributed by atoms with E-state index in [1.807, 2.05) is 0 Å². The minimum absolute atomic E-state index is 0.0189. The molecule has 0 bridgehead atoms. The van der Waals surface area contributed by atoms with Crippen molar-refractivity contribution in [1.29, 1.82) is 0 Å². The van der Waals surface area contributed by atoms with Crippen LogP contribution in [-0.2, 0) is 24.2 Å². The molecule has 0 radical (unpaired) electrons. The van der Waals surface area contributed by atoms with Crippen molar-refractivity contribution in [3.63, 3.8) is 0 Å². The predicted octanol–water partition coefficient (Wildman–Crippen LogP) is 1.16. The van der Waals surface area contributed by atoms with E-state index < -0.39 is 41.0 Å². The van der Waals surface area contributed by atoms with E-state index in [-0.39, 0.29) is 23.0 Å². The number of benzene rings is 1. The Morgan fingerprint density at radius 3 is 2.68 bits per heavy atom. The zero-order valence-corrected chi connectivity index (χ0v) is 15.7. The summed E-state index contributed by atoms with van der Waals surface area (Å²) in [6.07, 6.45) is 2.73. The van der Waals surface area contributed by atoms with E-state index in [2.05, 4.69) is 10.1 Å². The van der Waals surface area contributed by atoms with Gasteiger partial charge in [-0.15, -0.1) is 0 Å². The summed E-state index contributed by atoms with van der Waals surface area (Å²) in [5.74, 6) is -1.60. The number of halogens is 2. The van der Waals surface area contributed by atoms with Gasteiger partial charge in [0, 0.05) is 12.1 Å². The molecule has 1 saturated heterocycles. The highest BCUT2D eigenvalue weighted by Crippen LogP contribution is 2.29. The van der Waals surface area contributed by atoms with Crippen LogP contribution in [0.2, 0.25) is 0 Å². The largest absolute Gasteiger partial charge is 0.493 e. The van der Waals surface area contributed by atoms with Gasteiger partial charge in [-0.05, 0) is 30.2 Å². The first-order valence-electron chi connectivity index (χ1n) is 8.16. The maximum absolute atomic E-state index is 12.3. The van der Waals surface area contributed by atoms with Crippen LogP contribution in [0.3, 0.4) is 0 Å². The summed E-state index contributed by atoms with van der Waals surface area (Å²) in [6, 6.07) is 3.60. The lowest BCUT2D eigenvalue weighted by Crippen LogP contribution is -2.38. The molecule has 0 unspecified atom stereocenters. The third-order valence-corrected chi connectivity index (χ3v) is 5.53. The Kier molecular flexibility index (Phi) is 7.32. The van der Waals surface area contributed by atoms with E-state index in [0.717, 1.165) is 6.08 Å². The van der Waals surface area contributed by atoms with Gasteiger partial charge in [0.1, 0.15) is 0 Å². The molecule has 2 rings (SSSR count). The maximum atomic E-state index is 12.3. The molecule has 0 saturated carbocycles. The van der Waals surface area contributed by atoms with Crippen molar-refractivity contribution < 1.29 is 41.0 Å². The summed E-state index contributed by atoms with van der Waals surface area (Å²) < 4.78 is 61.3. The highest BCUT2D eigenvalue weighted by atomic mass is 32.2. The van der Waals surface area contributed by atoms with Crippen LogP contribution in [0.1, 0.15) is 12.0 Å². The second kappa shape index (κ2) is 9.49. The van der Waals surface area contributed by atoms with Gasteiger partial charge in [0.25, 0.3) is 5.91 Å². The van der Waals surface area contributed by atoms with Gasteiger partial charge < -0.3 is 19.5 Å². The van der Waals surface area contributed by atoms with Gasteiger partial charge in [-0.3, -0.25) is 4.79 Å². The van der Waals surface area contributed by atoms with E-state index >= 15 is 0 Å². The number of amides is 1. The predicted molar refractivity (Wildman–Crippen MR) is 94.8 cm³/mol. The molecule has 11 heteroatoms. The van der Waals surface area contributed by atoms with Crippen LogP contribution in [0.4, 0.5) is 8.78 Å². The van der Waals surface area contributed by atoms with Gasteiger partial charge in [0.15, 0.2) is 27.9 Å². The lowest BCUT2D eigenvalue weighted by molar-refractivity contribution is -0.143. The van der Waals surface area contributed by atoms with Gasteiger partial charge in [0.05, 0.1) is 18.6 Å². The molecule has 1 atom stereocenters. The van der Waals surface area contributed by atoms with Crippen molar-refractivity contribution in [3.05, 3.63) is 29.8 Å². The fourth-order valence-electron chi connectivity index (χ4n) is 2.51. The number of ether oxygens (including phenoxy) is 3. The number of carbonyl (C=O) groups is 2. The van der Waals surface area contributed by atoms with E-state index in [0.29, 0.717) is 12.0 Å². The summed E-state index contributed by atoms with van der Waals surface area (Å²) in [7, 11) is -1.84. The van der Waals surface area contributed by atoms with Gasteiger partial charge in [-0.1, -0.05) is 6.07 Å². The van der Waals surface area contributed by atoms with Crippen molar-refractivity contribution in [3.8, 4) is 11.5 Å². The number of hydrogen-bond donors (Lipinski definition) is 1. The van der Waals surface area contributed by atoms with Crippen molar-refractivity contribution in [1.82, 2.24) is 5.32 Å². The molecule has 1 N–H and O–H groups in total. The number of rotatable bonds is 8. The van der Waals surface area contributed by atoms with Gasteiger partial charge >= 0.3 is 12.6 Å². The summed E-state index contributed by atoms with van der Waals surface area (Å²) >= 11 is 0. The smallest absolute Gasteiger partial charge is 0.387 e. The first-order chi connectivity index (χ1) is 13.2. The third kappa shape index (κ3) is 6.80. The minimum Gasteiger partial charge on any atom is -0.493 e. The summed E-state index contributed by atoms with van der Waals surface area (Å²) in [4.78, 5) is 23.4. The average molecular weight is 419 g/mol. The fraction of sp³-hybridized carbons (Fsp3) is 0.412. The molecule has 0 aromatic heterocycles. The van der Waals surface area contributed by atoms with Gasteiger partial charge in [0.2, 0.25) is 0 Å². The number of hydrogen-bond acceptors (Lipinski definition) is 7. The summed E-state index contributed by atoms with van der Waals surface area (Å²) in [6.45, 7) is -3.55. The molecule has 1 aromatic rings. The Labute approximate surface area is 160 Å². The van der Waals surface area contributed by atoms with Crippen molar-refractivity contribution in [2.24, 2.45) is 0 Å². The normalized spacial score (nSPS) is 18.2. The van der Waals surface area contributed by atoms with E-state index in [1.54, 1.807) is 0 Å². The van der Waals surface area contributed by atoms with Gasteiger partial charge in [-0.2, -0.15) is 8.78 Å². The maximum Gasteiger partial charge on any atom is 0.387 e. The van der Waals surface area contributed by atoms with E-state index in [9.17, 15) is 26.8 Å². The van der Waals surface area contributed by atoms with Gasteiger partial charge in [-0.25, -0.2) is 13.2 Å². The fourth-order valence-corrected chi connectivity index (χ4v) is 4.18. The van der Waals surface area contributed by atoms with Crippen LogP contribution >= 0.6 is 0 Å². The molecule has 28 heavy (non-hydrogen) atoms. The molecule has 0 aliphatic carbocycles. The third-order valence-electron chi connectivity index (χ3n) is 3.76. The Bertz CT molecular complexity index is 855. The SMILES string of the molecule is COc1cc(/C=C/C(=O)OCC(=O)N[C@H]2CCS(=O)(=O)C2)ccc1OC(F)F. The molecular formula is C17H19F2NO7S. The van der Waals surface area contributed by atoms with Crippen molar-refractivity contribution >= 4 is 27.8 Å². The van der Waals surface area contributed by atoms with Crippen molar-refractivity contribution in [2.75, 3.05) is 25.2 Å². The quantitative estimate of drug-likeness (QED) is 0.498. The highest BCUT2D eigenvalue weighted by molar-refractivity contribution is 7.91. The van der Waals surface area contributed by atoms with Crippen LogP contribution < -0.4 is 14.8 Å². The number of sulfone groups is 1. The Morgan fingerprint density at radius 1 is 1.32 bits per heavy atom. The molecular weight excluding hydrogens is 400 g/mol. The summed E-state index contributed by atoms with van der Waals surface area (Å²) in [5.41, 5.74) is 0.455. The molecule has 1 heterocycles. The molecule has 1 aromatic carbocycles. The summed E-state index contributed by atoms with van der Waals surface area (Å²) in [5, 5.41) is 2.49. The second-order valence-corrected chi connectivity index (χ2v) is 8.13. The number of nitrogens with one attached hydrogen (secondary N) is 1. The number of alkyl halides is 2. The Morgan fingerprint density at radius 2 is 2.07 bits per heavy atom. The van der Waals surface area contributed by atoms with Crippen molar-refractivity contribution in [2.45, 2.75) is 19.1 Å². The van der Waals surface area contributed by atoms with Crippen LogP contribution in [0.25, 0.3) is 6.08 Å². The first kappa shape index (κ1) is 21.6. The zero-order chi connectivity index (χ0) is 20.7. The molecule has 0 spiro atoms. The monoisotopic (exact) mass is 419 g/mol. The molecule has 1 aliphatic heterocycles. The number of methoxy groups -OCH3 is 1. The number of esters is 1. The zero-order valence-electron chi connectivity index (χ0n) is 14.9. The topological polar surface area (TPSA) is 108 Å². The second-order valence-electron chi connectivity index (χ2n) is 5.90. The molecule has 1 amide bonds. The van der Waals surface area contributed by atoms with E-state index in [1.165, 1.54) is 31.4 Å². The van der Waals surface area contributed by atoms with Crippen LogP contribution in [0.15, 0.2) is 24.3 Å². The molecule has 154 valence electrons. The Balaban J connectivity index is 1.83. The van der Waals surface area contributed by atoms with Crippen LogP contribution in [-0.4, -0.2) is 58.2 Å². The average Bonchev–Trinajstić information content (AvgIpc) is 2.96. The standard InChI is InChI=1S/C17H19F2NO7S/c1-25-14-8-11(2-4-13(14)27-17(18)19)3-5-16(22)26-9-15(21)20-12-6-7-28(23,24)10-12/h2-5,8,12,17H,6-7,9-10H2,1H3,(H,20,21)/b5-3+/t12-/m0/s1. The van der Waals surface area contributed by atoms with E-state index in [4.69, 9.17) is 9.47 Å².